The molecule has 0 aromatic heterocycles. The molecule has 1 aromatic carbocycles. The summed E-state index contributed by atoms with van der Waals surface area (Å²) >= 11 is 0. The Morgan fingerprint density at radius 3 is 2.45 bits per heavy atom. The van der Waals surface area contributed by atoms with Gasteiger partial charge < -0.3 is 10.2 Å². The van der Waals surface area contributed by atoms with Crippen molar-refractivity contribution >= 4 is 17.3 Å². The van der Waals surface area contributed by atoms with Gasteiger partial charge in [0.2, 0.25) is 5.91 Å². The summed E-state index contributed by atoms with van der Waals surface area (Å²) < 4.78 is 0. The summed E-state index contributed by atoms with van der Waals surface area (Å²) in [6, 6.07) is 8.25. The molecule has 1 aliphatic carbocycles. The maximum absolute atomic E-state index is 12.3. The zero-order valence-corrected chi connectivity index (χ0v) is 12.1. The molecule has 1 heterocycles. The fraction of sp³-hybridized carbons (Fsp3) is 0.588. The van der Waals surface area contributed by atoms with Crippen LogP contribution >= 0.6 is 0 Å². The normalized spacial score (nSPS) is 20.1. The molecule has 1 aliphatic heterocycles. The minimum atomic E-state index is 0.215. The van der Waals surface area contributed by atoms with Crippen molar-refractivity contribution in [2.75, 3.05) is 23.3 Å². The number of hydrogen-bond donors (Lipinski definition) is 1. The smallest absolute Gasteiger partial charge is 0.227 e. The molecule has 0 unspecified atom stereocenters. The van der Waals surface area contributed by atoms with Gasteiger partial charge in [-0.2, -0.15) is 0 Å². The van der Waals surface area contributed by atoms with Crippen molar-refractivity contribution in [3.8, 4) is 0 Å². The molecule has 108 valence electrons. The first-order valence-corrected chi connectivity index (χ1v) is 7.99. The number of rotatable bonds is 3. The topological polar surface area (TPSA) is 32.3 Å². The SMILES string of the molecule is O=C(Nc1ccccc1N1CCCCC1)C1CCCC1. The van der Waals surface area contributed by atoms with Crippen molar-refractivity contribution in [1.29, 1.82) is 0 Å². The third kappa shape index (κ3) is 2.97. The van der Waals surface area contributed by atoms with E-state index < -0.39 is 0 Å². The molecule has 20 heavy (non-hydrogen) atoms. The molecular formula is C17H24N2O. The van der Waals surface area contributed by atoms with E-state index in [-0.39, 0.29) is 11.8 Å². The number of nitrogens with zero attached hydrogens (tertiary/aromatic N) is 1. The van der Waals surface area contributed by atoms with Crippen molar-refractivity contribution < 1.29 is 4.79 Å². The number of benzene rings is 1. The molecule has 2 aliphatic rings. The van der Waals surface area contributed by atoms with E-state index in [0.29, 0.717) is 0 Å². The van der Waals surface area contributed by atoms with Crippen LogP contribution in [0.15, 0.2) is 24.3 Å². The Morgan fingerprint density at radius 2 is 1.70 bits per heavy atom. The molecule has 0 atom stereocenters. The Bertz CT molecular complexity index is 460. The largest absolute Gasteiger partial charge is 0.370 e. The van der Waals surface area contributed by atoms with Crippen LogP contribution in [0, 0.1) is 5.92 Å². The quantitative estimate of drug-likeness (QED) is 0.907. The lowest BCUT2D eigenvalue weighted by atomic mass is 10.1. The van der Waals surface area contributed by atoms with Gasteiger partial charge >= 0.3 is 0 Å². The maximum Gasteiger partial charge on any atom is 0.227 e. The Morgan fingerprint density at radius 1 is 1.00 bits per heavy atom. The van der Waals surface area contributed by atoms with Crippen LogP contribution in [0.5, 0.6) is 0 Å². The number of carbonyl (C=O) groups excluding carboxylic acids is 1. The second kappa shape index (κ2) is 6.29. The van der Waals surface area contributed by atoms with Crippen LogP contribution in [0.2, 0.25) is 0 Å². The second-order valence-corrected chi connectivity index (χ2v) is 6.04. The van der Waals surface area contributed by atoms with E-state index in [1.165, 1.54) is 37.8 Å². The zero-order chi connectivity index (χ0) is 13.8. The van der Waals surface area contributed by atoms with E-state index in [2.05, 4.69) is 22.3 Å². The summed E-state index contributed by atoms with van der Waals surface area (Å²) in [7, 11) is 0. The summed E-state index contributed by atoms with van der Waals surface area (Å²) in [6.07, 6.45) is 8.34. The molecule has 1 amide bonds. The number of anilines is 2. The van der Waals surface area contributed by atoms with E-state index in [9.17, 15) is 4.79 Å². The number of hydrogen-bond acceptors (Lipinski definition) is 2. The van der Waals surface area contributed by atoms with Crippen molar-refractivity contribution in [2.45, 2.75) is 44.9 Å². The number of amides is 1. The Labute approximate surface area is 121 Å². The van der Waals surface area contributed by atoms with Crippen molar-refractivity contribution in [2.24, 2.45) is 5.92 Å². The van der Waals surface area contributed by atoms with Gasteiger partial charge in [0.15, 0.2) is 0 Å². The van der Waals surface area contributed by atoms with E-state index in [1.807, 2.05) is 12.1 Å². The molecule has 3 heteroatoms. The fourth-order valence-corrected chi connectivity index (χ4v) is 3.41. The highest BCUT2D eigenvalue weighted by molar-refractivity contribution is 5.96. The Kier molecular flexibility index (Phi) is 4.24. The lowest BCUT2D eigenvalue weighted by molar-refractivity contribution is -0.119. The first-order valence-electron chi connectivity index (χ1n) is 7.99. The zero-order valence-electron chi connectivity index (χ0n) is 12.1. The summed E-state index contributed by atoms with van der Waals surface area (Å²) in [5.41, 5.74) is 2.19. The molecule has 1 saturated heterocycles. The average molecular weight is 272 g/mol. The lowest BCUT2D eigenvalue weighted by Gasteiger charge is -2.30. The van der Waals surface area contributed by atoms with Crippen LogP contribution in [0.4, 0.5) is 11.4 Å². The van der Waals surface area contributed by atoms with Crippen LogP contribution in [-0.4, -0.2) is 19.0 Å². The van der Waals surface area contributed by atoms with Crippen LogP contribution in [0.3, 0.4) is 0 Å². The van der Waals surface area contributed by atoms with E-state index in [1.54, 1.807) is 0 Å². The lowest BCUT2D eigenvalue weighted by Crippen LogP contribution is -2.31. The highest BCUT2D eigenvalue weighted by Gasteiger charge is 2.24. The molecule has 0 bridgehead atoms. The van der Waals surface area contributed by atoms with Gasteiger partial charge in [-0.15, -0.1) is 0 Å². The second-order valence-electron chi connectivity index (χ2n) is 6.04. The van der Waals surface area contributed by atoms with Crippen molar-refractivity contribution in [1.82, 2.24) is 0 Å². The standard InChI is InChI=1S/C17H24N2O/c20-17(14-8-2-3-9-14)18-15-10-4-5-11-16(15)19-12-6-1-7-13-19/h4-5,10-11,14H,1-3,6-9,12-13H2,(H,18,20). The number of nitrogens with one attached hydrogen (secondary N) is 1. The maximum atomic E-state index is 12.3. The molecule has 2 fully saturated rings. The number of para-hydroxylation sites is 2. The van der Waals surface area contributed by atoms with Gasteiger partial charge in [-0.25, -0.2) is 0 Å². The van der Waals surface area contributed by atoms with Gasteiger partial charge in [0.1, 0.15) is 0 Å². The molecule has 0 radical (unpaired) electrons. The van der Waals surface area contributed by atoms with E-state index in [0.717, 1.165) is 31.6 Å². The highest BCUT2D eigenvalue weighted by Crippen LogP contribution is 2.31. The van der Waals surface area contributed by atoms with Gasteiger partial charge in [-0.3, -0.25) is 4.79 Å². The molecule has 3 rings (SSSR count). The first-order chi connectivity index (χ1) is 9.84. The molecule has 0 spiro atoms. The van der Waals surface area contributed by atoms with Crippen LogP contribution in [0.1, 0.15) is 44.9 Å². The number of piperidine rings is 1. The molecular weight excluding hydrogens is 248 g/mol. The van der Waals surface area contributed by atoms with Crippen LogP contribution < -0.4 is 10.2 Å². The van der Waals surface area contributed by atoms with Gasteiger partial charge in [-0.1, -0.05) is 25.0 Å². The van der Waals surface area contributed by atoms with Crippen molar-refractivity contribution in [3.05, 3.63) is 24.3 Å². The van der Waals surface area contributed by atoms with Crippen LogP contribution in [-0.2, 0) is 4.79 Å². The highest BCUT2D eigenvalue weighted by atomic mass is 16.1. The predicted molar refractivity (Wildman–Crippen MR) is 83.1 cm³/mol. The predicted octanol–water partition coefficient (Wildman–Crippen LogP) is 3.81. The van der Waals surface area contributed by atoms with Gasteiger partial charge in [0.25, 0.3) is 0 Å². The minimum Gasteiger partial charge on any atom is -0.370 e. The minimum absolute atomic E-state index is 0.215. The summed E-state index contributed by atoms with van der Waals surface area (Å²) in [6.45, 7) is 2.21. The van der Waals surface area contributed by atoms with E-state index >= 15 is 0 Å². The summed E-state index contributed by atoms with van der Waals surface area (Å²) in [5, 5.41) is 3.17. The first kappa shape index (κ1) is 13.5. The third-order valence-corrected chi connectivity index (χ3v) is 4.58. The molecule has 1 saturated carbocycles. The monoisotopic (exact) mass is 272 g/mol. The van der Waals surface area contributed by atoms with E-state index in [4.69, 9.17) is 0 Å². The Hall–Kier alpha value is -1.51. The average Bonchev–Trinajstić information content (AvgIpc) is 3.03. The van der Waals surface area contributed by atoms with Gasteiger partial charge in [-0.05, 0) is 44.2 Å². The molecule has 3 nitrogen and oxygen atoms in total. The number of carbonyl (C=O) groups is 1. The van der Waals surface area contributed by atoms with Crippen LogP contribution in [0.25, 0.3) is 0 Å². The molecule has 1 aromatic rings. The fourth-order valence-electron chi connectivity index (χ4n) is 3.41. The third-order valence-electron chi connectivity index (χ3n) is 4.58. The Balaban J connectivity index is 1.73. The summed E-state index contributed by atoms with van der Waals surface area (Å²) in [4.78, 5) is 14.7. The summed E-state index contributed by atoms with van der Waals surface area (Å²) in [5.74, 6) is 0.441. The molecule has 1 N–H and O–H groups in total. The van der Waals surface area contributed by atoms with Gasteiger partial charge in [0, 0.05) is 19.0 Å². The van der Waals surface area contributed by atoms with Crippen molar-refractivity contribution in [3.63, 3.8) is 0 Å². The van der Waals surface area contributed by atoms with Gasteiger partial charge in [0.05, 0.1) is 11.4 Å².